The van der Waals surface area contributed by atoms with E-state index in [1.807, 2.05) is 0 Å². The second-order valence-corrected chi connectivity index (χ2v) is 5.88. The lowest BCUT2D eigenvalue weighted by atomic mass is 9.87. The smallest absolute Gasteiger partial charge is 0.267 e. The van der Waals surface area contributed by atoms with Gasteiger partial charge >= 0.3 is 0 Å². The van der Waals surface area contributed by atoms with E-state index in [0.717, 1.165) is 25.7 Å². The Morgan fingerprint density at radius 2 is 2.05 bits per heavy atom. The molecule has 1 heterocycles. The molecule has 0 aliphatic heterocycles. The van der Waals surface area contributed by atoms with Crippen LogP contribution in [0.4, 0.5) is 0 Å². The molecule has 0 saturated heterocycles. The van der Waals surface area contributed by atoms with Gasteiger partial charge in [0.2, 0.25) is 0 Å². The van der Waals surface area contributed by atoms with Gasteiger partial charge in [0.25, 0.3) is 5.91 Å². The van der Waals surface area contributed by atoms with Crippen molar-refractivity contribution in [3.05, 3.63) is 21.9 Å². The van der Waals surface area contributed by atoms with E-state index >= 15 is 0 Å². The van der Waals surface area contributed by atoms with Crippen LogP contribution in [0.25, 0.3) is 0 Å². The van der Waals surface area contributed by atoms with E-state index < -0.39 is 0 Å². The summed E-state index contributed by atoms with van der Waals surface area (Å²) in [6, 6.07) is 1.57. The highest BCUT2D eigenvalue weighted by molar-refractivity contribution is 6.41. The van der Waals surface area contributed by atoms with Gasteiger partial charge in [0.15, 0.2) is 0 Å². The Bertz CT molecular complexity index is 465. The van der Waals surface area contributed by atoms with Crippen LogP contribution < -0.4 is 5.32 Å². The molecule has 19 heavy (non-hydrogen) atoms. The number of carbonyl (C=O) groups is 1. The molecule has 1 fully saturated rings. The Labute approximate surface area is 122 Å². The molecule has 0 bridgehead atoms. The van der Waals surface area contributed by atoms with Crippen LogP contribution >= 0.6 is 23.2 Å². The summed E-state index contributed by atoms with van der Waals surface area (Å²) in [7, 11) is 1.71. The summed E-state index contributed by atoms with van der Waals surface area (Å²) in [6.45, 7) is 0.631. The maximum atomic E-state index is 12.0. The standard InChI is InChI=1S/C13H18Cl2N2O2/c1-17-11(6-10(14)12(17)15)13(19)16-7-8-2-4-9(18)5-3-8/h6,8-9,18H,2-5,7H2,1H3,(H,16,19). The van der Waals surface area contributed by atoms with Crippen LogP contribution in [-0.2, 0) is 7.05 Å². The van der Waals surface area contributed by atoms with E-state index in [1.54, 1.807) is 17.7 Å². The van der Waals surface area contributed by atoms with E-state index in [1.165, 1.54) is 0 Å². The van der Waals surface area contributed by atoms with E-state index in [2.05, 4.69) is 5.32 Å². The molecule has 1 aliphatic rings. The quantitative estimate of drug-likeness (QED) is 0.902. The van der Waals surface area contributed by atoms with E-state index in [4.69, 9.17) is 23.2 Å². The zero-order valence-corrected chi connectivity index (χ0v) is 12.3. The molecule has 1 saturated carbocycles. The third kappa shape index (κ3) is 3.44. The summed E-state index contributed by atoms with van der Waals surface area (Å²) in [5.41, 5.74) is 0.464. The summed E-state index contributed by atoms with van der Waals surface area (Å²) in [5.74, 6) is 0.279. The summed E-state index contributed by atoms with van der Waals surface area (Å²) >= 11 is 11.8. The molecule has 0 radical (unpaired) electrons. The van der Waals surface area contributed by atoms with Gasteiger partial charge < -0.3 is 15.0 Å². The summed E-state index contributed by atoms with van der Waals surface area (Å²) in [6.07, 6.45) is 3.38. The molecule has 1 aromatic rings. The van der Waals surface area contributed by atoms with Gasteiger partial charge in [-0.05, 0) is 37.7 Å². The number of halogens is 2. The monoisotopic (exact) mass is 304 g/mol. The lowest BCUT2D eigenvalue weighted by Gasteiger charge is -2.25. The number of hydrogen-bond acceptors (Lipinski definition) is 2. The van der Waals surface area contributed by atoms with Gasteiger partial charge in [-0.15, -0.1) is 0 Å². The van der Waals surface area contributed by atoms with Crippen molar-refractivity contribution < 1.29 is 9.90 Å². The number of hydrogen-bond donors (Lipinski definition) is 2. The lowest BCUT2D eigenvalue weighted by molar-refractivity contribution is 0.0903. The largest absolute Gasteiger partial charge is 0.393 e. The fourth-order valence-corrected chi connectivity index (χ4v) is 2.81. The van der Waals surface area contributed by atoms with Crippen molar-refractivity contribution in [3.63, 3.8) is 0 Å². The number of aromatic nitrogens is 1. The van der Waals surface area contributed by atoms with Crippen LogP contribution in [0.1, 0.15) is 36.2 Å². The van der Waals surface area contributed by atoms with Crippen LogP contribution in [0, 0.1) is 5.92 Å². The molecular formula is C13H18Cl2N2O2. The fourth-order valence-electron chi connectivity index (χ4n) is 2.44. The SMILES string of the molecule is Cn1c(C(=O)NCC2CCC(O)CC2)cc(Cl)c1Cl. The third-order valence-electron chi connectivity index (χ3n) is 3.72. The average molecular weight is 305 g/mol. The Hall–Kier alpha value is -0.710. The van der Waals surface area contributed by atoms with Crippen LogP contribution in [0.3, 0.4) is 0 Å². The summed E-state index contributed by atoms with van der Waals surface area (Å²) in [5, 5.41) is 13.1. The topological polar surface area (TPSA) is 54.3 Å². The first-order valence-corrected chi connectivity index (χ1v) is 7.21. The molecular weight excluding hydrogens is 287 g/mol. The first kappa shape index (κ1) is 14.7. The van der Waals surface area contributed by atoms with Gasteiger partial charge in [-0.2, -0.15) is 0 Å². The van der Waals surface area contributed by atoms with Crippen molar-refractivity contribution in [3.8, 4) is 0 Å². The van der Waals surface area contributed by atoms with E-state index in [9.17, 15) is 9.90 Å². The van der Waals surface area contributed by atoms with Gasteiger partial charge in [-0.25, -0.2) is 0 Å². The maximum absolute atomic E-state index is 12.0. The highest BCUT2D eigenvalue weighted by Crippen LogP contribution is 2.26. The summed E-state index contributed by atoms with van der Waals surface area (Å²) in [4.78, 5) is 12.0. The van der Waals surface area contributed by atoms with Gasteiger partial charge in [-0.3, -0.25) is 4.79 Å². The molecule has 2 N–H and O–H groups in total. The number of rotatable bonds is 3. The van der Waals surface area contributed by atoms with Crippen molar-refractivity contribution in [2.45, 2.75) is 31.8 Å². The van der Waals surface area contributed by atoms with Crippen LogP contribution in [-0.4, -0.2) is 28.2 Å². The van der Waals surface area contributed by atoms with Gasteiger partial charge in [0.05, 0.1) is 11.1 Å². The second-order valence-electron chi connectivity index (χ2n) is 5.11. The molecule has 4 nitrogen and oxygen atoms in total. The van der Waals surface area contributed by atoms with Crippen LogP contribution in [0.5, 0.6) is 0 Å². The van der Waals surface area contributed by atoms with Gasteiger partial charge in [0, 0.05) is 13.6 Å². The van der Waals surface area contributed by atoms with E-state index in [0.29, 0.717) is 28.3 Å². The summed E-state index contributed by atoms with van der Waals surface area (Å²) < 4.78 is 1.57. The zero-order chi connectivity index (χ0) is 14.0. The lowest BCUT2D eigenvalue weighted by Crippen LogP contribution is -2.33. The molecule has 1 amide bonds. The first-order chi connectivity index (χ1) is 8.99. The number of nitrogens with one attached hydrogen (secondary N) is 1. The number of amides is 1. The Kier molecular flexibility index (Phi) is 4.76. The molecule has 0 atom stereocenters. The molecule has 6 heteroatoms. The van der Waals surface area contributed by atoms with Crippen molar-refractivity contribution in [2.24, 2.45) is 13.0 Å². The Morgan fingerprint density at radius 1 is 1.42 bits per heavy atom. The van der Waals surface area contributed by atoms with Crippen molar-refractivity contribution >= 4 is 29.1 Å². The minimum atomic E-state index is -0.169. The Balaban J connectivity index is 1.89. The van der Waals surface area contributed by atoms with Crippen LogP contribution in [0.15, 0.2) is 6.07 Å². The zero-order valence-electron chi connectivity index (χ0n) is 10.8. The average Bonchev–Trinajstić information content (AvgIpc) is 2.65. The minimum absolute atomic E-state index is 0.164. The predicted molar refractivity (Wildman–Crippen MR) is 75.7 cm³/mol. The molecule has 0 unspecified atom stereocenters. The van der Waals surface area contributed by atoms with E-state index in [-0.39, 0.29) is 12.0 Å². The van der Waals surface area contributed by atoms with Crippen molar-refractivity contribution in [1.82, 2.24) is 9.88 Å². The molecule has 0 aromatic carbocycles. The van der Waals surface area contributed by atoms with Crippen molar-refractivity contribution in [1.29, 1.82) is 0 Å². The molecule has 1 aliphatic carbocycles. The van der Waals surface area contributed by atoms with Gasteiger partial charge in [-0.1, -0.05) is 23.2 Å². The highest BCUT2D eigenvalue weighted by Gasteiger charge is 2.21. The number of aliphatic hydroxyl groups excluding tert-OH is 1. The predicted octanol–water partition coefficient (Wildman–Crippen LogP) is 2.61. The number of carbonyl (C=O) groups excluding carboxylic acids is 1. The number of aliphatic hydroxyl groups is 1. The maximum Gasteiger partial charge on any atom is 0.267 e. The highest BCUT2D eigenvalue weighted by atomic mass is 35.5. The first-order valence-electron chi connectivity index (χ1n) is 6.46. The normalized spacial score (nSPS) is 23.4. The third-order valence-corrected chi connectivity index (χ3v) is 4.56. The van der Waals surface area contributed by atoms with Gasteiger partial charge in [0.1, 0.15) is 10.8 Å². The molecule has 2 rings (SSSR count). The number of nitrogens with zero attached hydrogens (tertiary/aromatic N) is 1. The minimum Gasteiger partial charge on any atom is -0.393 e. The molecule has 0 spiro atoms. The molecule has 1 aromatic heterocycles. The van der Waals surface area contributed by atoms with Crippen molar-refractivity contribution in [2.75, 3.05) is 6.54 Å². The molecule has 106 valence electrons. The van der Waals surface area contributed by atoms with Crippen LogP contribution in [0.2, 0.25) is 10.2 Å². The fraction of sp³-hybridized carbons (Fsp3) is 0.615. The Morgan fingerprint density at radius 3 is 2.58 bits per heavy atom. The second kappa shape index (κ2) is 6.16.